The van der Waals surface area contributed by atoms with Crippen molar-refractivity contribution < 1.29 is 10.2 Å². The molecule has 1 heterocycles. The number of hydrogen-bond donors (Lipinski definition) is 3. The summed E-state index contributed by atoms with van der Waals surface area (Å²) in [4.78, 5) is 0. The van der Waals surface area contributed by atoms with E-state index in [1.54, 1.807) is 12.1 Å². The van der Waals surface area contributed by atoms with Crippen LogP contribution in [0.4, 0.5) is 5.69 Å². The lowest BCUT2D eigenvalue weighted by Gasteiger charge is -2.39. The van der Waals surface area contributed by atoms with Crippen molar-refractivity contribution in [2.24, 2.45) is 5.92 Å². The number of aryl methyl sites for hydroxylation is 1. The average molecular weight is 267 g/mol. The number of hydrogen-bond acceptors (Lipinski definition) is 3. The molecular weight excluding hydrogens is 250 g/mol. The molecular formula is C17H17NO2. The van der Waals surface area contributed by atoms with Crippen molar-refractivity contribution in [3.8, 4) is 11.5 Å². The molecule has 0 amide bonds. The molecule has 3 N–H and O–H groups in total. The number of para-hydroxylation sites is 1. The van der Waals surface area contributed by atoms with Gasteiger partial charge in [-0.2, -0.15) is 0 Å². The minimum atomic E-state index is -0.0135. The zero-order chi connectivity index (χ0) is 13.7. The lowest BCUT2D eigenvalue weighted by atomic mass is 9.70. The van der Waals surface area contributed by atoms with Crippen molar-refractivity contribution in [2.75, 3.05) is 11.9 Å². The van der Waals surface area contributed by atoms with E-state index in [4.69, 9.17) is 0 Å². The molecule has 0 spiro atoms. The van der Waals surface area contributed by atoms with Crippen LogP contribution in [0.3, 0.4) is 0 Å². The Kier molecular flexibility index (Phi) is 2.43. The average Bonchev–Trinajstić information content (AvgIpc) is 2.48. The molecule has 20 heavy (non-hydrogen) atoms. The van der Waals surface area contributed by atoms with Crippen molar-refractivity contribution in [3.63, 3.8) is 0 Å². The van der Waals surface area contributed by atoms with E-state index in [-0.39, 0.29) is 11.5 Å². The maximum atomic E-state index is 9.85. The monoisotopic (exact) mass is 267 g/mol. The summed E-state index contributed by atoms with van der Waals surface area (Å²) in [6.07, 6.45) is 2.08. The van der Waals surface area contributed by atoms with Crippen molar-refractivity contribution >= 4 is 5.69 Å². The fraction of sp³-hybridized carbons (Fsp3) is 0.294. The number of aromatic hydroxyl groups is 2. The maximum Gasteiger partial charge on any atom is 0.157 e. The SMILES string of the molecule is Oc1cc2c(cc1O)[C@H]1c3ccccc3NC[C@@H]1CC2. The molecule has 2 aromatic rings. The van der Waals surface area contributed by atoms with Gasteiger partial charge >= 0.3 is 0 Å². The molecule has 102 valence electrons. The van der Waals surface area contributed by atoms with E-state index in [9.17, 15) is 10.2 Å². The van der Waals surface area contributed by atoms with Crippen LogP contribution in [0.5, 0.6) is 11.5 Å². The topological polar surface area (TPSA) is 52.5 Å². The molecule has 2 atom stereocenters. The van der Waals surface area contributed by atoms with Gasteiger partial charge in [0.15, 0.2) is 11.5 Å². The van der Waals surface area contributed by atoms with E-state index < -0.39 is 0 Å². The summed E-state index contributed by atoms with van der Waals surface area (Å²) in [5.74, 6) is 0.855. The predicted molar refractivity (Wildman–Crippen MR) is 78.4 cm³/mol. The number of benzene rings is 2. The van der Waals surface area contributed by atoms with Crippen molar-refractivity contribution in [2.45, 2.75) is 18.8 Å². The van der Waals surface area contributed by atoms with Crippen LogP contribution in [0.25, 0.3) is 0 Å². The highest BCUT2D eigenvalue weighted by atomic mass is 16.3. The van der Waals surface area contributed by atoms with Crippen molar-refractivity contribution in [1.82, 2.24) is 0 Å². The molecule has 2 aromatic carbocycles. The molecule has 0 aromatic heterocycles. The summed E-state index contributed by atoms with van der Waals surface area (Å²) in [7, 11) is 0. The standard InChI is InChI=1S/C17H17NO2/c19-15-7-10-5-6-11-9-18-14-4-2-1-3-12(14)17(11)13(10)8-16(15)20/h1-4,7-8,11,17-20H,5-6,9H2/t11-,17+/m0/s1. The Morgan fingerprint density at radius 3 is 2.70 bits per heavy atom. The number of phenolic OH excluding ortho intramolecular Hbond substituents is 2. The number of fused-ring (bicyclic) bond motifs is 5. The predicted octanol–water partition coefficient (Wildman–Crippen LogP) is 3.22. The maximum absolute atomic E-state index is 9.85. The van der Waals surface area contributed by atoms with Gasteiger partial charge in [-0.1, -0.05) is 18.2 Å². The molecule has 1 aliphatic heterocycles. The Morgan fingerprint density at radius 2 is 1.80 bits per heavy atom. The van der Waals surface area contributed by atoms with Gasteiger partial charge in [-0.15, -0.1) is 0 Å². The molecule has 0 bridgehead atoms. The third-order valence-corrected chi connectivity index (χ3v) is 4.68. The number of nitrogens with one attached hydrogen (secondary N) is 1. The Labute approximate surface area is 117 Å². The summed E-state index contributed by atoms with van der Waals surface area (Å²) in [5, 5.41) is 23.1. The quantitative estimate of drug-likeness (QED) is 0.642. The molecule has 1 aliphatic carbocycles. The second-order valence-corrected chi connectivity index (χ2v) is 5.78. The lowest BCUT2D eigenvalue weighted by Crippen LogP contribution is -2.32. The fourth-order valence-corrected chi connectivity index (χ4v) is 3.72. The third-order valence-electron chi connectivity index (χ3n) is 4.68. The summed E-state index contributed by atoms with van der Waals surface area (Å²) >= 11 is 0. The van der Waals surface area contributed by atoms with Gasteiger partial charge in [-0.3, -0.25) is 0 Å². The fourth-order valence-electron chi connectivity index (χ4n) is 3.72. The number of anilines is 1. The Balaban J connectivity index is 1.92. The van der Waals surface area contributed by atoms with E-state index in [2.05, 4.69) is 23.5 Å². The summed E-state index contributed by atoms with van der Waals surface area (Å²) in [6.45, 7) is 0.975. The number of rotatable bonds is 0. The zero-order valence-corrected chi connectivity index (χ0v) is 11.1. The van der Waals surface area contributed by atoms with Crippen LogP contribution in [-0.4, -0.2) is 16.8 Å². The molecule has 2 aliphatic rings. The van der Waals surface area contributed by atoms with Gasteiger partial charge in [0.05, 0.1) is 0 Å². The molecule has 3 nitrogen and oxygen atoms in total. The highest BCUT2D eigenvalue weighted by molar-refractivity contribution is 5.61. The molecule has 0 saturated heterocycles. The van der Waals surface area contributed by atoms with Crippen LogP contribution in [0.1, 0.15) is 29.0 Å². The van der Waals surface area contributed by atoms with Crippen LogP contribution >= 0.6 is 0 Å². The first-order valence-corrected chi connectivity index (χ1v) is 7.11. The van der Waals surface area contributed by atoms with Crippen LogP contribution < -0.4 is 5.32 Å². The second kappa shape index (κ2) is 4.17. The molecule has 0 fully saturated rings. The minimum Gasteiger partial charge on any atom is -0.504 e. The normalized spacial score (nSPS) is 23.2. The first kappa shape index (κ1) is 11.6. The van der Waals surface area contributed by atoms with E-state index in [1.165, 1.54) is 22.4 Å². The first-order chi connectivity index (χ1) is 9.74. The first-order valence-electron chi connectivity index (χ1n) is 7.11. The largest absolute Gasteiger partial charge is 0.504 e. The Bertz CT molecular complexity index is 681. The summed E-state index contributed by atoms with van der Waals surface area (Å²) in [5.41, 5.74) is 4.83. The van der Waals surface area contributed by atoms with Crippen LogP contribution in [0.15, 0.2) is 36.4 Å². The van der Waals surface area contributed by atoms with Crippen molar-refractivity contribution in [3.05, 3.63) is 53.1 Å². The third kappa shape index (κ3) is 1.59. The summed E-state index contributed by atoms with van der Waals surface area (Å²) in [6, 6.07) is 11.9. The van der Waals surface area contributed by atoms with Gasteiger partial charge in [0, 0.05) is 18.2 Å². The number of phenols is 2. The molecule has 0 unspecified atom stereocenters. The van der Waals surface area contributed by atoms with E-state index in [1.807, 2.05) is 6.07 Å². The van der Waals surface area contributed by atoms with Gasteiger partial charge in [0.25, 0.3) is 0 Å². The highest BCUT2D eigenvalue weighted by Crippen LogP contribution is 2.48. The molecule has 3 heteroatoms. The Morgan fingerprint density at radius 1 is 1.00 bits per heavy atom. The van der Waals surface area contributed by atoms with Crippen molar-refractivity contribution in [1.29, 1.82) is 0 Å². The van der Waals surface area contributed by atoms with Gasteiger partial charge in [0.1, 0.15) is 0 Å². The molecule has 0 radical (unpaired) electrons. The van der Waals surface area contributed by atoms with Gasteiger partial charge in [-0.05, 0) is 53.6 Å². The van der Waals surface area contributed by atoms with E-state index in [0.29, 0.717) is 11.8 Å². The van der Waals surface area contributed by atoms with E-state index in [0.717, 1.165) is 19.4 Å². The van der Waals surface area contributed by atoms with E-state index >= 15 is 0 Å². The zero-order valence-electron chi connectivity index (χ0n) is 11.1. The summed E-state index contributed by atoms with van der Waals surface area (Å²) < 4.78 is 0. The van der Waals surface area contributed by atoms with Gasteiger partial charge in [-0.25, -0.2) is 0 Å². The highest BCUT2D eigenvalue weighted by Gasteiger charge is 2.35. The smallest absolute Gasteiger partial charge is 0.157 e. The Hall–Kier alpha value is -2.16. The van der Waals surface area contributed by atoms with Gasteiger partial charge < -0.3 is 15.5 Å². The minimum absolute atomic E-state index is 0.00980. The van der Waals surface area contributed by atoms with Crippen LogP contribution in [0, 0.1) is 5.92 Å². The van der Waals surface area contributed by atoms with Gasteiger partial charge in [0.2, 0.25) is 0 Å². The van der Waals surface area contributed by atoms with Crippen LogP contribution in [0.2, 0.25) is 0 Å². The van der Waals surface area contributed by atoms with Crippen LogP contribution in [-0.2, 0) is 6.42 Å². The molecule has 0 saturated carbocycles. The molecule has 4 rings (SSSR count). The lowest BCUT2D eigenvalue weighted by molar-refractivity contribution is 0.389. The second-order valence-electron chi connectivity index (χ2n) is 5.78.